The predicted octanol–water partition coefficient (Wildman–Crippen LogP) is 2.87. The van der Waals surface area contributed by atoms with Gasteiger partial charge in [-0.05, 0) is 33.3 Å². The van der Waals surface area contributed by atoms with E-state index in [0.717, 1.165) is 12.0 Å². The highest BCUT2D eigenvalue weighted by Crippen LogP contribution is 2.16. The smallest absolute Gasteiger partial charge is 0.287 e. The molecule has 1 aromatic rings. The van der Waals surface area contributed by atoms with Gasteiger partial charge in [-0.1, -0.05) is 0 Å². The molecule has 1 aromatic heterocycles. The van der Waals surface area contributed by atoms with E-state index in [0.29, 0.717) is 30.6 Å². The zero-order valence-electron chi connectivity index (χ0n) is 11.1. The van der Waals surface area contributed by atoms with Crippen LogP contribution in [0.2, 0.25) is 0 Å². The molecule has 0 fully saturated rings. The molecule has 0 saturated heterocycles. The number of furan rings is 1. The molecular formula is C13H20ClNO3. The Morgan fingerprint density at radius 2 is 2.28 bits per heavy atom. The van der Waals surface area contributed by atoms with E-state index >= 15 is 0 Å². The average molecular weight is 274 g/mol. The van der Waals surface area contributed by atoms with Crippen LogP contribution in [0.3, 0.4) is 0 Å². The molecule has 0 atom stereocenters. The summed E-state index contributed by atoms with van der Waals surface area (Å²) in [7, 11) is 0. The predicted molar refractivity (Wildman–Crippen MR) is 71.0 cm³/mol. The largest absolute Gasteiger partial charge is 0.456 e. The number of halogens is 1. The molecule has 102 valence electrons. The van der Waals surface area contributed by atoms with Crippen molar-refractivity contribution >= 4 is 17.5 Å². The summed E-state index contributed by atoms with van der Waals surface area (Å²) in [5.41, 5.74) is 0.852. The Bertz CT molecular complexity index is 388. The van der Waals surface area contributed by atoms with Crippen molar-refractivity contribution in [2.75, 3.05) is 13.2 Å². The van der Waals surface area contributed by atoms with Crippen molar-refractivity contribution in [1.29, 1.82) is 0 Å². The second-order valence-corrected chi connectivity index (χ2v) is 4.62. The Morgan fingerprint density at radius 3 is 2.83 bits per heavy atom. The number of hydrogen-bond acceptors (Lipinski definition) is 3. The van der Waals surface area contributed by atoms with Gasteiger partial charge in [0, 0.05) is 18.7 Å². The van der Waals surface area contributed by atoms with Gasteiger partial charge in [-0.3, -0.25) is 4.79 Å². The van der Waals surface area contributed by atoms with Gasteiger partial charge >= 0.3 is 0 Å². The average Bonchev–Trinajstić information content (AvgIpc) is 2.69. The summed E-state index contributed by atoms with van der Waals surface area (Å²) in [5.74, 6) is 1.15. The highest BCUT2D eigenvalue weighted by molar-refractivity contribution is 6.17. The van der Waals surface area contributed by atoms with Crippen LogP contribution >= 0.6 is 11.6 Å². The molecule has 0 saturated carbocycles. The number of alkyl halides is 1. The van der Waals surface area contributed by atoms with Crippen molar-refractivity contribution in [1.82, 2.24) is 5.32 Å². The Balaban J connectivity index is 2.32. The van der Waals surface area contributed by atoms with Crippen molar-refractivity contribution in [2.45, 2.75) is 39.2 Å². The van der Waals surface area contributed by atoms with Gasteiger partial charge in [0.25, 0.3) is 5.91 Å². The monoisotopic (exact) mass is 273 g/mol. The first-order valence-corrected chi connectivity index (χ1v) is 6.63. The number of rotatable bonds is 7. The molecule has 0 aliphatic carbocycles. The Labute approximate surface area is 113 Å². The van der Waals surface area contributed by atoms with Gasteiger partial charge in [-0.2, -0.15) is 0 Å². The Hall–Kier alpha value is -1.00. The summed E-state index contributed by atoms with van der Waals surface area (Å²) in [4.78, 5) is 11.7. The van der Waals surface area contributed by atoms with Crippen molar-refractivity contribution < 1.29 is 13.9 Å². The first-order valence-electron chi connectivity index (χ1n) is 6.09. The fourth-order valence-electron chi connectivity index (χ4n) is 1.44. The minimum Gasteiger partial charge on any atom is -0.456 e. The minimum atomic E-state index is -0.209. The van der Waals surface area contributed by atoms with Gasteiger partial charge in [0.2, 0.25) is 0 Å². The number of ether oxygens (including phenoxy) is 1. The number of hydrogen-bond donors (Lipinski definition) is 1. The zero-order chi connectivity index (χ0) is 13.5. The fourth-order valence-corrected chi connectivity index (χ4v) is 1.71. The summed E-state index contributed by atoms with van der Waals surface area (Å²) >= 11 is 5.72. The van der Waals surface area contributed by atoms with E-state index in [1.165, 1.54) is 0 Å². The number of aryl methyl sites for hydroxylation is 1. The quantitative estimate of drug-likeness (QED) is 0.614. The topological polar surface area (TPSA) is 51.5 Å². The van der Waals surface area contributed by atoms with Crippen LogP contribution < -0.4 is 5.32 Å². The molecule has 1 N–H and O–H groups in total. The van der Waals surface area contributed by atoms with Crippen LogP contribution in [-0.4, -0.2) is 25.2 Å². The highest BCUT2D eigenvalue weighted by Gasteiger charge is 2.13. The zero-order valence-corrected chi connectivity index (χ0v) is 11.8. The summed E-state index contributed by atoms with van der Waals surface area (Å²) in [6, 6.07) is 1.68. The first-order chi connectivity index (χ1) is 8.54. The standard InChI is InChI=1S/C13H20ClNO3/c1-9(2)17-6-4-5-15-13(16)12-7-11(8-14)10(3)18-12/h7,9H,4-6,8H2,1-3H3,(H,15,16). The maximum absolute atomic E-state index is 11.7. The maximum atomic E-state index is 11.7. The van der Waals surface area contributed by atoms with Gasteiger partial charge in [0.1, 0.15) is 5.76 Å². The van der Waals surface area contributed by atoms with Crippen LogP contribution in [0.5, 0.6) is 0 Å². The second-order valence-electron chi connectivity index (χ2n) is 4.35. The van der Waals surface area contributed by atoms with E-state index < -0.39 is 0 Å². The molecule has 0 spiro atoms. The van der Waals surface area contributed by atoms with Gasteiger partial charge in [0.05, 0.1) is 12.0 Å². The van der Waals surface area contributed by atoms with Crippen LogP contribution in [0.15, 0.2) is 10.5 Å². The van der Waals surface area contributed by atoms with Crippen molar-refractivity contribution in [2.24, 2.45) is 0 Å². The van der Waals surface area contributed by atoms with E-state index in [1.807, 2.05) is 13.8 Å². The summed E-state index contributed by atoms with van der Waals surface area (Å²) in [6.07, 6.45) is 1.01. The molecule has 5 heteroatoms. The lowest BCUT2D eigenvalue weighted by Crippen LogP contribution is -2.25. The number of amides is 1. The number of carbonyl (C=O) groups is 1. The van der Waals surface area contributed by atoms with E-state index in [1.54, 1.807) is 13.0 Å². The third-order valence-electron chi connectivity index (χ3n) is 2.45. The molecule has 0 aliphatic heterocycles. The molecule has 0 aromatic carbocycles. The van der Waals surface area contributed by atoms with Crippen LogP contribution in [0, 0.1) is 6.92 Å². The Morgan fingerprint density at radius 1 is 1.56 bits per heavy atom. The van der Waals surface area contributed by atoms with Gasteiger partial charge in [0.15, 0.2) is 5.76 Å². The van der Waals surface area contributed by atoms with Crippen molar-refractivity contribution in [3.63, 3.8) is 0 Å². The maximum Gasteiger partial charge on any atom is 0.287 e. The highest BCUT2D eigenvalue weighted by atomic mass is 35.5. The second kappa shape index (κ2) is 7.44. The molecule has 4 nitrogen and oxygen atoms in total. The van der Waals surface area contributed by atoms with E-state index in [4.69, 9.17) is 20.8 Å². The van der Waals surface area contributed by atoms with E-state index in [2.05, 4.69) is 5.32 Å². The summed E-state index contributed by atoms with van der Waals surface area (Å²) in [6.45, 7) is 6.98. The van der Waals surface area contributed by atoms with Crippen LogP contribution in [0.25, 0.3) is 0 Å². The van der Waals surface area contributed by atoms with Crippen LogP contribution in [-0.2, 0) is 10.6 Å². The minimum absolute atomic E-state index is 0.209. The number of carbonyl (C=O) groups excluding carboxylic acids is 1. The molecule has 0 radical (unpaired) electrons. The van der Waals surface area contributed by atoms with Gasteiger partial charge in [-0.15, -0.1) is 11.6 Å². The lowest BCUT2D eigenvalue weighted by molar-refractivity contribution is 0.0753. The molecule has 0 unspecified atom stereocenters. The number of nitrogens with one attached hydrogen (secondary N) is 1. The van der Waals surface area contributed by atoms with E-state index in [9.17, 15) is 4.79 Å². The molecule has 1 amide bonds. The molecule has 0 bridgehead atoms. The molecule has 1 rings (SSSR count). The normalized spacial score (nSPS) is 10.9. The third kappa shape index (κ3) is 4.70. The molecule has 18 heavy (non-hydrogen) atoms. The molecule has 0 aliphatic rings. The SMILES string of the molecule is Cc1oc(C(=O)NCCCOC(C)C)cc1CCl. The van der Waals surface area contributed by atoms with E-state index in [-0.39, 0.29) is 12.0 Å². The summed E-state index contributed by atoms with van der Waals surface area (Å²) in [5, 5.41) is 2.78. The lowest BCUT2D eigenvalue weighted by atomic mass is 10.3. The lowest BCUT2D eigenvalue weighted by Gasteiger charge is -2.07. The van der Waals surface area contributed by atoms with Crippen molar-refractivity contribution in [3.05, 3.63) is 23.2 Å². The Kier molecular flexibility index (Phi) is 6.22. The fraction of sp³-hybridized carbons (Fsp3) is 0.615. The van der Waals surface area contributed by atoms with Crippen molar-refractivity contribution in [3.8, 4) is 0 Å². The molecule has 1 heterocycles. The van der Waals surface area contributed by atoms with Crippen LogP contribution in [0.1, 0.15) is 42.1 Å². The molecular weight excluding hydrogens is 254 g/mol. The first kappa shape index (κ1) is 15.1. The van der Waals surface area contributed by atoms with Crippen LogP contribution in [0.4, 0.5) is 0 Å². The van der Waals surface area contributed by atoms with Gasteiger partial charge < -0.3 is 14.5 Å². The summed E-state index contributed by atoms with van der Waals surface area (Å²) < 4.78 is 10.7. The third-order valence-corrected chi connectivity index (χ3v) is 2.73. The van der Waals surface area contributed by atoms with Gasteiger partial charge in [-0.25, -0.2) is 0 Å².